The Hall–Kier alpha value is -4.88. The molecule has 0 saturated heterocycles. The van der Waals surface area contributed by atoms with Crippen LogP contribution >= 0.6 is 0 Å². The summed E-state index contributed by atoms with van der Waals surface area (Å²) in [4.78, 5) is 83.2. The second-order valence-electron chi connectivity index (χ2n) is 8.45. The average molecular weight is 505 g/mol. The van der Waals surface area contributed by atoms with E-state index in [1.807, 2.05) is 0 Å². The molecule has 4 heterocycles. The zero-order valence-corrected chi connectivity index (χ0v) is 20.5. The summed E-state index contributed by atoms with van der Waals surface area (Å²) in [5.74, 6) is -0.728. The van der Waals surface area contributed by atoms with Gasteiger partial charge in [0.25, 0.3) is 5.56 Å². The minimum absolute atomic E-state index is 0.0444. The van der Waals surface area contributed by atoms with Gasteiger partial charge in [0, 0.05) is 25.0 Å². The van der Waals surface area contributed by atoms with Crippen LogP contribution < -0.4 is 16.6 Å². The molecular formula is C23H23N9O5. The van der Waals surface area contributed by atoms with E-state index in [4.69, 9.17) is 0 Å². The van der Waals surface area contributed by atoms with Gasteiger partial charge >= 0.3 is 5.69 Å². The van der Waals surface area contributed by atoms with Crippen LogP contribution in [0.3, 0.4) is 0 Å². The van der Waals surface area contributed by atoms with Gasteiger partial charge in [0.2, 0.25) is 5.91 Å². The molecule has 37 heavy (non-hydrogen) atoms. The standard InChI is InChI=1S/C23H23N9O5/c1-12(33)5-16(34)10-31-22(36)19-20(30(4)23(31)37)27-11-32(19)13(2)21(35)29-18-9-24-8-17(28-18)15-6-25-14(3)26-7-15/h6-9,11,13H,5,10H2,1-4H3,(H,28,29,35)/t13-/m0/s1. The first-order valence-corrected chi connectivity index (χ1v) is 11.2. The molecule has 0 spiro atoms. The maximum atomic E-state index is 13.2. The highest BCUT2D eigenvalue weighted by molar-refractivity contribution is 5.98. The molecule has 0 aliphatic heterocycles. The van der Waals surface area contributed by atoms with Crippen LogP contribution in [0.5, 0.6) is 0 Å². The van der Waals surface area contributed by atoms with Crippen LogP contribution in [0.2, 0.25) is 0 Å². The van der Waals surface area contributed by atoms with E-state index < -0.39 is 41.9 Å². The van der Waals surface area contributed by atoms with Crippen molar-refractivity contribution < 1.29 is 14.4 Å². The second-order valence-corrected chi connectivity index (χ2v) is 8.45. The van der Waals surface area contributed by atoms with Gasteiger partial charge in [0.05, 0.1) is 37.4 Å². The Morgan fingerprint density at radius 2 is 1.76 bits per heavy atom. The molecular weight excluding hydrogens is 482 g/mol. The third-order valence-corrected chi connectivity index (χ3v) is 5.60. The summed E-state index contributed by atoms with van der Waals surface area (Å²) in [7, 11) is 1.40. The van der Waals surface area contributed by atoms with E-state index >= 15 is 0 Å². The highest BCUT2D eigenvalue weighted by Crippen LogP contribution is 2.18. The molecule has 0 unspecified atom stereocenters. The van der Waals surface area contributed by atoms with Crippen molar-refractivity contribution in [1.82, 2.24) is 38.6 Å². The number of aromatic nitrogens is 8. The monoisotopic (exact) mass is 505 g/mol. The van der Waals surface area contributed by atoms with E-state index in [9.17, 15) is 24.0 Å². The topological polar surface area (TPSA) is 177 Å². The third kappa shape index (κ3) is 5.07. The van der Waals surface area contributed by atoms with Gasteiger partial charge in [-0.3, -0.25) is 33.3 Å². The van der Waals surface area contributed by atoms with Crippen LogP contribution in [0.15, 0.2) is 40.7 Å². The van der Waals surface area contributed by atoms with Crippen LogP contribution in [0, 0.1) is 6.92 Å². The van der Waals surface area contributed by atoms with Crippen molar-refractivity contribution in [3.05, 3.63) is 57.8 Å². The molecule has 0 saturated carbocycles. The number of aryl methyl sites for hydroxylation is 2. The van der Waals surface area contributed by atoms with Crippen LogP contribution in [0.1, 0.15) is 32.1 Å². The molecule has 0 aliphatic carbocycles. The molecule has 1 N–H and O–H groups in total. The summed E-state index contributed by atoms with van der Waals surface area (Å²) < 4.78 is 3.15. The van der Waals surface area contributed by atoms with Crippen molar-refractivity contribution in [2.75, 3.05) is 5.32 Å². The van der Waals surface area contributed by atoms with E-state index in [2.05, 4.69) is 30.2 Å². The molecule has 4 aromatic rings. The first-order valence-electron chi connectivity index (χ1n) is 11.2. The summed E-state index contributed by atoms with van der Waals surface area (Å²) in [5.41, 5.74) is -0.490. The average Bonchev–Trinajstić information content (AvgIpc) is 3.30. The maximum Gasteiger partial charge on any atom is 0.332 e. The van der Waals surface area contributed by atoms with Crippen molar-refractivity contribution >= 4 is 34.5 Å². The quantitative estimate of drug-likeness (QED) is 0.325. The van der Waals surface area contributed by atoms with E-state index in [1.165, 1.54) is 44.2 Å². The van der Waals surface area contributed by atoms with E-state index in [0.29, 0.717) is 17.1 Å². The predicted molar refractivity (Wildman–Crippen MR) is 131 cm³/mol. The first kappa shape index (κ1) is 25.2. The second kappa shape index (κ2) is 10.0. The van der Waals surface area contributed by atoms with Gasteiger partial charge in [0.15, 0.2) is 22.8 Å². The highest BCUT2D eigenvalue weighted by Gasteiger charge is 2.24. The van der Waals surface area contributed by atoms with Gasteiger partial charge in [-0.1, -0.05) is 0 Å². The minimum Gasteiger partial charge on any atom is -0.312 e. The molecule has 1 atom stereocenters. The molecule has 0 fully saturated rings. The smallest absolute Gasteiger partial charge is 0.312 e. The van der Waals surface area contributed by atoms with Gasteiger partial charge in [-0.25, -0.2) is 24.7 Å². The number of nitrogens with zero attached hydrogens (tertiary/aromatic N) is 8. The van der Waals surface area contributed by atoms with Crippen molar-refractivity contribution in [3.63, 3.8) is 0 Å². The summed E-state index contributed by atoms with van der Waals surface area (Å²) in [6.07, 6.45) is 6.92. The number of ketones is 2. The molecule has 0 aromatic carbocycles. The Morgan fingerprint density at radius 3 is 2.43 bits per heavy atom. The molecule has 190 valence electrons. The lowest BCUT2D eigenvalue weighted by Gasteiger charge is -2.15. The third-order valence-electron chi connectivity index (χ3n) is 5.60. The van der Waals surface area contributed by atoms with Crippen LogP contribution in [0.4, 0.5) is 5.82 Å². The molecule has 0 radical (unpaired) electrons. The Bertz CT molecular complexity index is 1650. The summed E-state index contributed by atoms with van der Waals surface area (Å²) >= 11 is 0. The Balaban J connectivity index is 1.65. The number of carbonyl (C=O) groups excluding carboxylic acids is 3. The fraction of sp³-hybridized carbons (Fsp3) is 0.304. The molecule has 14 nitrogen and oxygen atoms in total. The van der Waals surface area contributed by atoms with Gasteiger partial charge in [-0.05, 0) is 20.8 Å². The van der Waals surface area contributed by atoms with Crippen molar-refractivity contribution in [1.29, 1.82) is 0 Å². The SMILES string of the molecule is CC(=O)CC(=O)Cn1c(=O)c2c(ncn2[C@@H](C)C(=O)Nc2cncc(-c3cnc(C)nc3)n2)n(C)c1=O. The number of amides is 1. The van der Waals surface area contributed by atoms with E-state index in [1.54, 1.807) is 19.3 Å². The number of Topliss-reactive ketones (excluding diaryl/α,β-unsaturated/α-hetero) is 2. The number of imidazole rings is 1. The molecule has 14 heteroatoms. The number of fused-ring (bicyclic) bond motifs is 1. The van der Waals surface area contributed by atoms with Gasteiger partial charge in [-0.2, -0.15) is 0 Å². The van der Waals surface area contributed by atoms with Gasteiger partial charge in [0.1, 0.15) is 17.6 Å². The normalized spacial score (nSPS) is 11.9. The van der Waals surface area contributed by atoms with E-state index in [-0.39, 0.29) is 22.8 Å². The molecule has 1 amide bonds. The Labute approximate surface area is 209 Å². The lowest BCUT2D eigenvalue weighted by Crippen LogP contribution is -2.42. The first-order chi connectivity index (χ1) is 17.6. The van der Waals surface area contributed by atoms with Gasteiger partial charge < -0.3 is 9.88 Å². The number of nitrogens with one attached hydrogen (secondary N) is 1. The van der Waals surface area contributed by atoms with Crippen LogP contribution in [-0.2, 0) is 28.0 Å². The van der Waals surface area contributed by atoms with Crippen LogP contribution in [-0.4, -0.2) is 56.1 Å². The van der Waals surface area contributed by atoms with Crippen molar-refractivity contribution in [2.24, 2.45) is 7.05 Å². The summed E-state index contributed by atoms with van der Waals surface area (Å²) in [5, 5.41) is 2.66. The number of anilines is 1. The fourth-order valence-electron chi connectivity index (χ4n) is 3.68. The van der Waals surface area contributed by atoms with Crippen LogP contribution in [0.25, 0.3) is 22.4 Å². The Kier molecular flexibility index (Phi) is 6.82. The lowest BCUT2D eigenvalue weighted by atomic mass is 10.2. The molecule has 0 aliphatic rings. The highest BCUT2D eigenvalue weighted by atomic mass is 16.2. The molecule has 4 aromatic heterocycles. The molecule has 0 bridgehead atoms. The van der Waals surface area contributed by atoms with Crippen molar-refractivity contribution in [2.45, 2.75) is 39.8 Å². The predicted octanol–water partition coefficient (Wildman–Crippen LogP) is 0.200. The van der Waals surface area contributed by atoms with Gasteiger partial charge in [-0.15, -0.1) is 0 Å². The van der Waals surface area contributed by atoms with Crippen molar-refractivity contribution in [3.8, 4) is 11.3 Å². The minimum atomic E-state index is -0.954. The number of rotatable bonds is 8. The summed E-state index contributed by atoms with van der Waals surface area (Å²) in [6, 6.07) is -0.954. The fourth-order valence-corrected chi connectivity index (χ4v) is 3.68. The number of carbonyl (C=O) groups is 3. The Morgan fingerprint density at radius 1 is 1.05 bits per heavy atom. The number of hydrogen-bond donors (Lipinski definition) is 1. The largest absolute Gasteiger partial charge is 0.332 e. The lowest BCUT2D eigenvalue weighted by molar-refractivity contribution is -0.126. The number of hydrogen-bond acceptors (Lipinski definition) is 10. The van der Waals surface area contributed by atoms with E-state index in [0.717, 1.165) is 9.13 Å². The molecule has 4 rings (SSSR count). The zero-order chi connectivity index (χ0) is 26.9. The summed E-state index contributed by atoms with van der Waals surface area (Å²) in [6.45, 7) is 3.96. The maximum absolute atomic E-state index is 13.2. The zero-order valence-electron chi connectivity index (χ0n) is 20.5.